The van der Waals surface area contributed by atoms with E-state index in [2.05, 4.69) is 45.9 Å². The third kappa shape index (κ3) is 9.88. The molecule has 0 aliphatic rings. The minimum absolute atomic E-state index is 0.249. The molecule has 58 heavy (non-hydrogen) atoms. The average molecular weight is 870 g/mol. The van der Waals surface area contributed by atoms with Crippen molar-refractivity contribution in [3.8, 4) is 22.4 Å². The summed E-state index contributed by atoms with van der Waals surface area (Å²) in [5.74, 6) is -6.38. The molecule has 0 spiro atoms. The first-order valence-corrected chi connectivity index (χ1v) is 19.6. The molecule has 0 aliphatic heterocycles. The number of anilines is 1. The molecule has 294 valence electrons. The highest BCUT2D eigenvalue weighted by Gasteiger charge is 2.27. The quantitative estimate of drug-likeness (QED) is 0.114. The lowest BCUT2D eigenvalue weighted by atomic mass is 9.96. The molecule has 0 saturated carbocycles. The molecule has 1 amide bonds. The van der Waals surface area contributed by atoms with Crippen LogP contribution in [0.3, 0.4) is 0 Å². The van der Waals surface area contributed by atoms with Crippen molar-refractivity contribution in [2.45, 2.75) is 31.2 Å². The highest BCUT2D eigenvalue weighted by atomic mass is 79.9. The van der Waals surface area contributed by atoms with Gasteiger partial charge in [-0.1, -0.05) is 42.5 Å². The van der Waals surface area contributed by atoms with E-state index in [0.29, 0.717) is 51.0 Å². The van der Waals surface area contributed by atoms with Gasteiger partial charge in [0, 0.05) is 48.2 Å². The number of hydrogen-bond donors (Lipinski definition) is 3. The summed E-state index contributed by atoms with van der Waals surface area (Å²) in [6.45, 7) is 3.92. The fraction of sp³-hybridized carbons (Fsp3) is 0.0952. The number of aryl methyl sites for hydroxylation is 2. The number of nitrogens with one attached hydrogen (secondary N) is 2. The molecule has 3 N–H and O–H groups in total. The second kappa shape index (κ2) is 17.7. The van der Waals surface area contributed by atoms with Gasteiger partial charge in [-0.25, -0.2) is 32.0 Å². The van der Waals surface area contributed by atoms with E-state index in [1.54, 1.807) is 36.7 Å². The van der Waals surface area contributed by atoms with Crippen LogP contribution in [0, 0.1) is 31.4 Å². The van der Waals surface area contributed by atoms with Crippen molar-refractivity contribution in [1.29, 1.82) is 0 Å². The molecule has 0 saturated heterocycles. The molecule has 4 heterocycles. The Kier molecular flexibility index (Phi) is 12.6. The lowest BCUT2D eigenvalue weighted by Gasteiger charge is -2.18. The van der Waals surface area contributed by atoms with Crippen LogP contribution < -0.4 is 10.0 Å². The summed E-state index contributed by atoms with van der Waals surface area (Å²) in [5, 5.41) is 12.7. The number of hydrogen-bond acceptors (Lipinski definition) is 8. The van der Waals surface area contributed by atoms with E-state index in [9.17, 15) is 27.5 Å². The van der Waals surface area contributed by atoms with Gasteiger partial charge in [-0.05, 0) is 106 Å². The molecule has 0 radical (unpaired) electrons. The summed E-state index contributed by atoms with van der Waals surface area (Å²) in [7, 11) is -4.35. The summed E-state index contributed by atoms with van der Waals surface area (Å²) >= 11 is 3.23. The number of carboxylic acids is 1. The number of halogens is 4. The van der Waals surface area contributed by atoms with Crippen LogP contribution in [-0.2, 0) is 21.2 Å². The maximum atomic E-state index is 15.2. The number of pyridine rings is 4. The molecular formula is C42H32BrF3N6O5S. The van der Waals surface area contributed by atoms with E-state index >= 15 is 8.78 Å². The number of sulfonamides is 1. The van der Waals surface area contributed by atoms with Crippen LogP contribution in [0.5, 0.6) is 0 Å². The molecule has 0 aliphatic carbocycles. The Hall–Kier alpha value is -6.52. The molecule has 3 aromatic carbocycles. The zero-order valence-corrected chi connectivity index (χ0v) is 33.0. The lowest BCUT2D eigenvalue weighted by Crippen LogP contribution is -2.43. The molecule has 7 rings (SSSR count). The Labute approximate surface area is 339 Å². The van der Waals surface area contributed by atoms with Crippen molar-refractivity contribution < 1.29 is 36.3 Å². The monoisotopic (exact) mass is 868 g/mol. The van der Waals surface area contributed by atoms with Gasteiger partial charge in [-0.15, -0.1) is 0 Å². The van der Waals surface area contributed by atoms with Gasteiger partial charge in [-0.3, -0.25) is 19.5 Å². The number of carbonyl (C=O) groups is 2. The summed E-state index contributed by atoms with van der Waals surface area (Å²) in [6.07, 6.45) is 6.12. The zero-order chi connectivity index (χ0) is 41.6. The van der Waals surface area contributed by atoms with Gasteiger partial charge in [0.25, 0.3) is 15.9 Å². The number of aliphatic carboxylic acids is 1. The van der Waals surface area contributed by atoms with Gasteiger partial charge < -0.3 is 10.4 Å². The van der Waals surface area contributed by atoms with Gasteiger partial charge in [0.1, 0.15) is 27.8 Å². The van der Waals surface area contributed by atoms with Crippen LogP contribution in [0.4, 0.5) is 18.9 Å². The maximum Gasteiger partial charge on any atom is 0.326 e. The number of nitrogens with zero attached hydrogens (tertiary/aromatic N) is 4. The summed E-state index contributed by atoms with van der Waals surface area (Å²) in [6, 6.07) is 22.1. The predicted octanol–water partition coefficient (Wildman–Crippen LogP) is 8.46. The second-order valence-corrected chi connectivity index (χ2v) is 15.4. The van der Waals surface area contributed by atoms with Crippen LogP contribution in [0.25, 0.3) is 33.3 Å². The van der Waals surface area contributed by atoms with Crippen LogP contribution in [-0.4, -0.2) is 51.4 Å². The molecule has 0 bridgehead atoms. The summed E-state index contributed by atoms with van der Waals surface area (Å²) < 4.78 is 72.8. The highest BCUT2D eigenvalue weighted by Crippen LogP contribution is 2.30. The third-order valence-corrected chi connectivity index (χ3v) is 10.6. The molecule has 0 unspecified atom stereocenters. The second-order valence-electron chi connectivity index (χ2n) is 12.9. The van der Waals surface area contributed by atoms with Crippen molar-refractivity contribution in [3.05, 3.63) is 166 Å². The van der Waals surface area contributed by atoms with E-state index in [4.69, 9.17) is 0 Å². The Balaban J connectivity index is 0.000000633. The zero-order valence-electron chi connectivity index (χ0n) is 30.6. The Morgan fingerprint density at radius 2 is 1.47 bits per heavy atom. The fourth-order valence-electron chi connectivity index (χ4n) is 5.82. The SMILES string of the molecule is Cc1ccc(-c2ccc(C[C@H](NC(=O)c3c(F)cc(NS(=O)(=O)c4ccc(-c5ccnc(F)c5)cc4)cc3F)C(=O)O)c3cccnc23)nc1.Cc1ccc(Br)nc1. The Bertz CT molecular complexity index is 2700. The van der Waals surface area contributed by atoms with Gasteiger partial charge in [0.15, 0.2) is 0 Å². The standard InChI is InChI=1S/C36H26F3N5O5S.C6H6BrN/c1-20-4-11-30(42-19-20)27-10-7-23(26-3-2-13-41-34(26)27)15-31(36(46)47)43-35(45)33-28(37)17-24(18-29(33)38)44-50(48,49)25-8-5-21(6-9-25)22-12-14-40-32(39)16-22;1-5-2-3-6(7)8-4-5/h2-14,16-19,31,44H,15H2,1H3,(H,43,45)(H,46,47);2-4H,1H3/t31-;/m0./s1. The van der Waals surface area contributed by atoms with Crippen molar-refractivity contribution >= 4 is 54.4 Å². The number of fused-ring (bicyclic) bond motifs is 1. The number of carbonyl (C=O) groups excluding carboxylic acids is 1. The lowest BCUT2D eigenvalue weighted by molar-refractivity contribution is -0.139. The smallest absolute Gasteiger partial charge is 0.326 e. The van der Waals surface area contributed by atoms with Crippen LogP contribution >= 0.6 is 15.9 Å². The molecule has 1 atom stereocenters. The normalized spacial score (nSPS) is 11.6. The van der Waals surface area contributed by atoms with Gasteiger partial charge >= 0.3 is 5.97 Å². The topological polar surface area (TPSA) is 164 Å². The minimum Gasteiger partial charge on any atom is -0.480 e. The largest absolute Gasteiger partial charge is 0.480 e. The molecule has 7 aromatic rings. The van der Waals surface area contributed by atoms with E-state index in [1.165, 1.54) is 48.2 Å². The Morgan fingerprint density at radius 3 is 2.07 bits per heavy atom. The van der Waals surface area contributed by atoms with E-state index < -0.39 is 56.8 Å². The van der Waals surface area contributed by atoms with E-state index in [1.807, 2.05) is 44.3 Å². The average Bonchev–Trinajstić information content (AvgIpc) is 3.19. The fourth-order valence-corrected chi connectivity index (χ4v) is 7.09. The first-order valence-electron chi connectivity index (χ1n) is 17.3. The first kappa shape index (κ1) is 41.1. The summed E-state index contributed by atoms with van der Waals surface area (Å²) in [4.78, 5) is 41.4. The number of amides is 1. The molecule has 0 fully saturated rings. The Morgan fingerprint density at radius 1 is 0.776 bits per heavy atom. The number of benzene rings is 3. The van der Waals surface area contributed by atoms with E-state index in [-0.39, 0.29) is 11.3 Å². The van der Waals surface area contributed by atoms with E-state index in [0.717, 1.165) is 10.2 Å². The molecular weight excluding hydrogens is 837 g/mol. The highest BCUT2D eigenvalue weighted by molar-refractivity contribution is 9.10. The van der Waals surface area contributed by atoms with Gasteiger partial charge in [0.2, 0.25) is 5.95 Å². The van der Waals surface area contributed by atoms with Crippen molar-refractivity contribution in [1.82, 2.24) is 25.3 Å². The van der Waals surface area contributed by atoms with Crippen LogP contribution in [0.2, 0.25) is 0 Å². The van der Waals surface area contributed by atoms with Crippen molar-refractivity contribution in [2.75, 3.05) is 4.72 Å². The maximum absolute atomic E-state index is 15.2. The molecule has 4 aromatic heterocycles. The van der Waals surface area contributed by atoms with Gasteiger partial charge in [-0.2, -0.15) is 4.39 Å². The van der Waals surface area contributed by atoms with Crippen LogP contribution in [0.1, 0.15) is 27.0 Å². The van der Waals surface area contributed by atoms with Gasteiger partial charge in [0.05, 0.1) is 21.8 Å². The van der Waals surface area contributed by atoms with Crippen LogP contribution in [0.15, 0.2) is 131 Å². The first-order chi connectivity index (χ1) is 27.7. The number of carboxylic acid groups (broad SMARTS) is 1. The molecule has 11 nitrogen and oxygen atoms in total. The van der Waals surface area contributed by atoms with Crippen molar-refractivity contribution in [2.24, 2.45) is 0 Å². The number of rotatable bonds is 10. The van der Waals surface area contributed by atoms with Crippen molar-refractivity contribution in [3.63, 3.8) is 0 Å². The third-order valence-electron chi connectivity index (χ3n) is 8.70. The summed E-state index contributed by atoms with van der Waals surface area (Å²) in [5.41, 5.74) is 3.91. The minimum atomic E-state index is -4.35. The number of aromatic nitrogens is 4. The predicted molar refractivity (Wildman–Crippen MR) is 216 cm³/mol. The molecule has 16 heteroatoms.